The summed E-state index contributed by atoms with van der Waals surface area (Å²) in [6.07, 6.45) is 5.71. The first-order valence-electron chi connectivity index (χ1n) is 13.8. The highest BCUT2D eigenvalue weighted by molar-refractivity contribution is 9.09. The van der Waals surface area contributed by atoms with Crippen molar-refractivity contribution in [2.75, 3.05) is 26.3 Å². The Hall–Kier alpha value is -2.49. The van der Waals surface area contributed by atoms with Crippen molar-refractivity contribution in [3.8, 4) is 0 Å². The summed E-state index contributed by atoms with van der Waals surface area (Å²) in [5.74, 6) is -2.81. The van der Waals surface area contributed by atoms with Crippen LogP contribution in [0.2, 0.25) is 0 Å². The first kappa shape index (κ1) is 29.5. The second-order valence-electron chi connectivity index (χ2n) is 10.6. The zero-order valence-electron chi connectivity index (χ0n) is 22.5. The fourth-order valence-electron chi connectivity index (χ4n) is 6.45. The molecule has 3 fully saturated rings. The standard InChI is InChI=1S/C30H39BrN2O6/c1-4-7-15-32(14-6-3)28(36)26-30-18-22(31)25(39-30)23(29(37)38-16-8-5-2)24(30)27(35)33(26)21(19-34)17-20-12-10-9-11-13-20/h5-6,9-13,21-26,34H,2-4,7-8,14-19H2,1H3/t21-,22?,23+,24+,25+,26?,30?/m1/s1. The van der Waals surface area contributed by atoms with Gasteiger partial charge in [0.25, 0.3) is 0 Å². The van der Waals surface area contributed by atoms with Gasteiger partial charge in [0.05, 0.1) is 37.2 Å². The van der Waals surface area contributed by atoms with Gasteiger partial charge in [0.15, 0.2) is 0 Å². The Bertz CT molecular complexity index is 1070. The van der Waals surface area contributed by atoms with Crippen LogP contribution in [-0.4, -0.2) is 87.6 Å². The van der Waals surface area contributed by atoms with Crippen molar-refractivity contribution >= 4 is 33.7 Å². The van der Waals surface area contributed by atoms with E-state index in [-0.39, 0.29) is 29.9 Å². The third-order valence-corrected chi connectivity index (χ3v) is 9.01. The SMILES string of the molecule is C=CCCOC(=O)[C@H]1[C@H]2C(=O)N([C@@H](CO)Cc3ccccc3)C(C(=O)N(CC=C)CCCC)C23CC(Br)[C@@H]1O3. The molecule has 3 heterocycles. The molecular formula is C30H39BrN2O6. The lowest BCUT2D eigenvalue weighted by Gasteiger charge is -2.39. The number of nitrogens with zero attached hydrogens (tertiary/aromatic N) is 2. The van der Waals surface area contributed by atoms with Gasteiger partial charge in [-0.25, -0.2) is 0 Å². The number of amides is 2. The Morgan fingerprint density at radius 2 is 2.05 bits per heavy atom. The summed E-state index contributed by atoms with van der Waals surface area (Å²) in [7, 11) is 0. The normalized spacial score (nSPS) is 29.7. The van der Waals surface area contributed by atoms with Crippen LogP contribution in [0.5, 0.6) is 0 Å². The molecule has 0 saturated carbocycles. The minimum absolute atomic E-state index is 0.163. The van der Waals surface area contributed by atoms with Crippen LogP contribution in [0.3, 0.4) is 0 Å². The summed E-state index contributed by atoms with van der Waals surface area (Å²) in [4.78, 5) is 45.1. The molecule has 1 aromatic rings. The molecule has 0 radical (unpaired) electrons. The van der Waals surface area contributed by atoms with Gasteiger partial charge in [-0.3, -0.25) is 14.4 Å². The molecule has 1 aromatic carbocycles. The molecule has 1 spiro atoms. The number of fused-ring (bicyclic) bond motifs is 1. The van der Waals surface area contributed by atoms with Crippen LogP contribution >= 0.6 is 15.9 Å². The Balaban J connectivity index is 1.76. The fraction of sp³-hybridized carbons (Fsp3) is 0.567. The predicted octanol–water partition coefficient (Wildman–Crippen LogP) is 3.27. The van der Waals surface area contributed by atoms with E-state index in [1.165, 1.54) is 4.90 Å². The molecule has 39 heavy (non-hydrogen) atoms. The molecule has 8 nitrogen and oxygen atoms in total. The molecule has 2 bridgehead atoms. The molecule has 7 atom stereocenters. The van der Waals surface area contributed by atoms with Crippen LogP contribution in [0.4, 0.5) is 0 Å². The Kier molecular flexibility index (Phi) is 9.67. The molecule has 3 unspecified atom stereocenters. The number of carbonyl (C=O) groups excluding carboxylic acids is 3. The first-order chi connectivity index (χ1) is 18.8. The van der Waals surface area contributed by atoms with Crippen molar-refractivity contribution in [2.45, 2.75) is 67.6 Å². The number of ether oxygens (including phenoxy) is 2. The van der Waals surface area contributed by atoms with E-state index in [0.29, 0.717) is 32.4 Å². The number of hydrogen-bond acceptors (Lipinski definition) is 6. The van der Waals surface area contributed by atoms with Crippen LogP contribution in [0.25, 0.3) is 0 Å². The van der Waals surface area contributed by atoms with Gasteiger partial charge in [-0.1, -0.05) is 71.8 Å². The van der Waals surface area contributed by atoms with Crippen molar-refractivity contribution < 1.29 is 29.0 Å². The smallest absolute Gasteiger partial charge is 0.312 e. The van der Waals surface area contributed by atoms with Crippen LogP contribution in [0.1, 0.15) is 38.2 Å². The summed E-state index contributed by atoms with van der Waals surface area (Å²) in [5.41, 5.74) is -0.270. The highest BCUT2D eigenvalue weighted by atomic mass is 79.9. The first-order valence-corrected chi connectivity index (χ1v) is 14.7. The van der Waals surface area contributed by atoms with E-state index in [0.717, 1.165) is 18.4 Å². The van der Waals surface area contributed by atoms with Gasteiger partial charge < -0.3 is 24.4 Å². The highest BCUT2D eigenvalue weighted by Crippen LogP contribution is 2.60. The number of benzene rings is 1. The summed E-state index contributed by atoms with van der Waals surface area (Å²) in [6, 6.07) is 7.92. The van der Waals surface area contributed by atoms with Crippen LogP contribution in [-0.2, 0) is 30.3 Å². The minimum Gasteiger partial charge on any atom is -0.465 e. The van der Waals surface area contributed by atoms with Gasteiger partial charge in [0.1, 0.15) is 11.6 Å². The third kappa shape index (κ3) is 5.45. The number of likely N-dealkylation sites (tertiary alicyclic amines) is 1. The van der Waals surface area contributed by atoms with E-state index in [2.05, 4.69) is 36.0 Å². The number of halogens is 1. The minimum atomic E-state index is -1.20. The van der Waals surface area contributed by atoms with Gasteiger partial charge >= 0.3 is 5.97 Å². The number of aliphatic hydroxyl groups excluding tert-OH is 1. The molecule has 0 aliphatic carbocycles. The monoisotopic (exact) mass is 602 g/mol. The Morgan fingerprint density at radius 1 is 1.31 bits per heavy atom. The predicted molar refractivity (Wildman–Crippen MR) is 151 cm³/mol. The maximum atomic E-state index is 14.4. The van der Waals surface area contributed by atoms with Crippen molar-refractivity contribution in [3.05, 3.63) is 61.2 Å². The van der Waals surface area contributed by atoms with E-state index in [1.54, 1.807) is 17.1 Å². The fourth-order valence-corrected chi connectivity index (χ4v) is 7.40. The van der Waals surface area contributed by atoms with E-state index in [9.17, 15) is 19.5 Å². The van der Waals surface area contributed by atoms with Crippen molar-refractivity contribution in [3.63, 3.8) is 0 Å². The number of carbonyl (C=O) groups is 3. The van der Waals surface area contributed by atoms with Gasteiger partial charge in [0.2, 0.25) is 11.8 Å². The van der Waals surface area contributed by atoms with E-state index < -0.39 is 41.6 Å². The third-order valence-electron chi connectivity index (χ3n) is 8.16. The average Bonchev–Trinajstić information content (AvgIpc) is 3.53. The molecule has 3 aliphatic rings. The average molecular weight is 604 g/mol. The molecule has 3 saturated heterocycles. The summed E-state index contributed by atoms with van der Waals surface area (Å²) in [5, 5.41) is 10.6. The number of hydrogen-bond donors (Lipinski definition) is 1. The quantitative estimate of drug-likeness (QED) is 0.152. The summed E-state index contributed by atoms with van der Waals surface area (Å²) in [6.45, 7) is 10.2. The van der Waals surface area contributed by atoms with Gasteiger partial charge in [-0.2, -0.15) is 0 Å². The number of unbranched alkanes of at least 4 members (excludes halogenated alkanes) is 1. The lowest BCUT2D eigenvalue weighted by atomic mass is 9.70. The molecule has 0 aromatic heterocycles. The number of rotatable bonds is 14. The Morgan fingerprint density at radius 3 is 2.69 bits per heavy atom. The van der Waals surface area contributed by atoms with Gasteiger partial charge in [-0.15, -0.1) is 13.2 Å². The maximum absolute atomic E-state index is 14.4. The number of aliphatic hydroxyl groups is 1. The highest BCUT2D eigenvalue weighted by Gasteiger charge is 2.77. The molecule has 1 N–H and O–H groups in total. The zero-order chi connectivity index (χ0) is 28.2. The van der Waals surface area contributed by atoms with Crippen molar-refractivity contribution in [1.29, 1.82) is 0 Å². The lowest BCUT2D eigenvalue weighted by molar-refractivity contribution is -0.156. The Labute approximate surface area is 239 Å². The van der Waals surface area contributed by atoms with Crippen LogP contribution in [0.15, 0.2) is 55.6 Å². The molecular weight excluding hydrogens is 564 g/mol. The second-order valence-corrected chi connectivity index (χ2v) is 11.8. The number of esters is 1. The second kappa shape index (κ2) is 12.8. The van der Waals surface area contributed by atoms with Crippen LogP contribution in [0, 0.1) is 11.8 Å². The maximum Gasteiger partial charge on any atom is 0.312 e. The molecule has 212 valence electrons. The number of alkyl halides is 1. The molecule has 4 rings (SSSR count). The van der Waals surface area contributed by atoms with Gasteiger partial charge in [-0.05, 0) is 31.2 Å². The van der Waals surface area contributed by atoms with Crippen molar-refractivity contribution in [2.24, 2.45) is 11.8 Å². The van der Waals surface area contributed by atoms with Gasteiger partial charge in [0, 0.05) is 17.9 Å². The summed E-state index contributed by atoms with van der Waals surface area (Å²) < 4.78 is 12.1. The summed E-state index contributed by atoms with van der Waals surface area (Å²) >= 11 is 3.68. The van der Waals surface area contributed by atoms with E-state index >= 15 is 0 Å². The topological polar surface area (TPSA) is 96.4 Å². The molecule has 3 aliphatic heterocycles. The lowest BCUT2D eigenvalue weighted by Crippen LogP contribution is -2.59. The molecule has 2 amide bonds. The van der Waals surface area contributed by atoms with Crippen molar-refractivity contribution in [1.82, 2.24) is 9.80 Å². The van der Waals surface area contributed by atoms with Crippen LogP contribution < -0.4 is 0 Å². The van der Waals surface area contributed by atoms with E-state index in [4.69, 9.17) is 9.47 Å². The van der Waals surface area contributed by atoms with E-state index in [1.807, 2.05) is 30.3 Å². The largest absolute Gasteiger partial charge is 0.465 e. The zero-order valence-corrected chi connectivity index (χ0v) is 24.1. The molecule has 9 heteroatoms.